The number of rotatable bonds is 6. The highest BCUT2D eigenvalue weighted by atomic mass is 31.1. The van der Waals surface area contributed by atoms with Crippen LogP contribution in [0.3, 0.4) is 0 Å². The van der Waals surface area contributed by atoms with Crippen molar-refractivity contribution in [3.8, 4) is 5.75 Å². The molecule has 0 unspecified atom stereocenters. The van der Waals surface area contributed by atoms with Crippen LogP contribution >= 0.6 is 7.92 Å². The summed E-state index contributed by atoms with van der Waals surface area (Å²) in [7, 11) is 1.20. The first-order valence-electron chi connectivity index (χ1n) is 10.5. The monoisotopic (exact) mass is 457 g/mol. The van der Waals surface area contributed by atoms with E-state index in [1.165, 1.54) is 0 Å². The van der Waals surface area contributed by atoms with Crippen molar-refractivity contribution in [2.24, 2.45) is 0 Å². The van der Waals surface area contributed by atoms with Crippen molar-refractivity contribution in [3.05, 3.63) is 60.6 Å². The van der Waals surface area contributed by atoms with Crippen molar-refractivity contribution >= 4 is 58.4 Å². The van der Waals surface area contributed by atoms with Crippen LogP contribution < -0.4 is 20.7 Å². The number of nitrogens with zero attached hydrogens (tertiary/aromatic N) is 4. The van der Waals surface area contributed by atoms with Gasteiger partial charge in [0.2, 0.25) is 5.95 Å². The normalized spacial score (nSPS) is 11.3. The molecule has 2 aromatic carbocycles. The fourth-order valence-corrected chi connectivity index (χ4v) is 5.04. The van der Waals surface area contributed by atoms with Gasteiger partial charge in [0.15, 0.2) is 0 Å². The van der Waals surface area contributed by atoms with Crippen molar-refractivity contribution in [1.82, 2.24) is 24.9 Å². The molecule has 0 fully saturated rings. The maximum absolute atomic E-state index is 5.50. The number of methoxy groups -OCH3 is 1. The maximum atomic E-state index is 5.50. The first-order chi connectivity index (χ1) is 16.0. The number of nitrogens with one attached hydrogen (secondary N) is 3. The van der Waals surface area contributed by atoms with Crippen molar-refractivity contribution in [2.75, 3.05) is 31.1 Å². The molecule has 166 valence electrons. The summed E-state index contributed by atoms with van der Waals surface area (Å²) in [6.45, 7) is 6.46. The highest BCUT2D eigenvalue weighted by Crippen LogP contribution is 2.35. The zero-order chi connectivity index (χ0) is 22.9. The van der Waals surface area contributed by atoms with Crippen molar-refractivity contribution in [2.45, 2.75) is 6.92 Å². The lowest BCUT2D eigenvalue weighted by Crippen LogP contribution is -2.12. The largest absolute Gasteiger partial charge is 0.495 e. The fraction of sp³-hybridized carbons (Fsp3) is 0.167. The summed E-state index contributed by atoms with van der Waals surface area (Å²) in [5.41, 5.74) is 5.43. The highest BCUT2D eigenvalue weighted by Gasteiger charge is 2.16. The van der Waals surface area contributed by atoms with Gasteiger partial charge in [-0.15, -0.1) is 0 Å². The molecule has 9 heteroatoms. The van der Waals surface area contributed by atoms with E-state index in [9.17, 15) is 0 Å². The Balaban J connectivity index is 1.59. The molecule has 0 radical (unpaired) electrons. The second-order valence-electron chi connectivity index (χ2n) is 7.87. The summed E-state index contributed by atoms with van der Waals surface area (Å²) in [5, 5.41) is 8.92. The summed E-state index contributed by atoms with van der Waals surface area (Å²) in [6, 6.07) is 11.9. The van der Waals surface area contributed by atoms with Crippen LogP contribution in [-0.4, -0.2) is 45.4 Å². The standard InChI is InChI=1S/C24H24N7OP/c1-14-5-8-19(32-2)18(13-14)29-24-30-22-15(9-10-27-22)23(31-24)28-17-7-6-16-20(21(17)33(3)4)26-12-11-25-16/h5-13H,1-4H3,(H3,27,28,29,30,31). The number of aryl methyl sites for hydroxylation is 1. The van der Waals surface area contributed by atoms with Crippen LogP contribution in [0.2, 0.25) is 0 Å². The van der Waals surface area contributed by atoms with E-state index in [1.54, 1.807) is 19.5 Å². The minimum Gasteiger partial charge on any atom is -0.495 e. The number of H-pyrrole nitrogens is 1. The molecule has 0 amide bonds. The molecule has 5 rings (SSSR count). The number of ether oxygens (including phenoxy) is 1. The second kappa shape index (κ2) is 8.64. The first-order valence-corrected chi connectivity index (χ1v) is 12.7. The van der Waals surface area contributed by atoms with Crippen LogP contribution in [0.1, 0.15) is 5.56 Å². The third-order valence-electron chi connectivity index (χ3n) is 5.33. The summed E-state index contributed by atoms with van der Waals surface area (Å²) >= 11 is 0. The minimum atomic E-state index is -0.450. The van der Waals surface area contributed by atoms with E-state index >= 15 is 0 Å². The van der Waals surface area contributed by atoms with Crippen LogP contribution in [0.4, 0.5) is 23.1 Å². The summed E-state index contributed by atoms with van der Waals surface area (Å²) in [4.78, 5) is 21.7. The summed E-state index contributed by atoms with van der Waals surface area (Å²) in [6.07, 6.45) is 5.32. The molecule has 0 saturated heterocycles. The molecule has 3 heterocycles. The van der Waals surface area contributed by atoms with Crippen molar-refractivity contribution in [3.63, 3.8) is 0 Å². The number of hydrogen-bond acceptors (Lipinski definition) is 7. The number of benzene rings is 2. The smallest absolute Gasteiger partial charge is 0.231 e. The number of hydrogen-bond donors (Lipinski definition) is 3. The first kappa shape index (κ1) is 21.1. The molecule has 0 saturated carbocycles. The average Bonchev–Trinajstić information content (AvgIpc) is 3.28. The zero-order valence-electron chi connectivity index (χ0n) is 18.8. The Kier molecular flexibility index (Phi) is 5.52. The lowest BCUT2D eigenvalue weighted by Gasteiger charge is -2.17. The molecule has 3 N–H and O–H groups in total. The number of fused-ring (bicyclic) bond motifs is 2. The van der Waals surface area contributed by atoms with E-state index in [0.29, 0.717) is 11.8 Å². The Morgan fingerprint density at radius 1 is 0.939 bits per heavy atom. The molecule has 0 aliphatic heterocycles. The van der Waals surface area contributed by atoms with Crippen molar-refractivity contribution < 1.29 is 4.74 Å². The molecular weight excluding hydrogens is 433 g/mol. The topological polar surface area (TPSA) is 101 Å². The van der Waals surface area contributed by atoms with E-state index in [2.05, 4.69) is 43.9 Å². The minimum absolute atomic E-state index is 0.450. The van der Waals surface area contributed by atoms with E-state index in [-0.39, 0.29) is 0 Å². The fourth-order valence-electron chi connectivity index (χ4n) is 3.84. The quantitative estimate of drug-likeness (QED) is 0.306. The molecule has 8 nitrogen and oxygen atoms in total. The summed E-state index contributed by atoms with van der Waals surface area (Å²) < 4.78 is 5.50. The average molecular weight is 457 g/mol. The third kappa shape index (κ3) is 4.05. The van der Waals surface area contributed by atoms with Gasteiger partial charge in [0.25, 0.3) is 0 Å². The van der Waals surface area contributed by atoms with Gasteiger partial charge < -0.3 is 20.4 Å². The van der Waals surface area contributed by atoms with Gasteiger partial charge in [0.1, 0.15) is 17.2 Å². The highest BCUT2D eigenvalue weighted by molar-refractivity contribution is 7.65. The lowest BCUT2D eigenvalue weighted by molar-refractivity contribution is 0.416. The van der Waals surface area contributed by atoms with Crippen LogP contribution in [0.15, 0.2) is 55.0 Å². The Morgan fingerprint density at radius 2 is 1.79 bits per heavy atom. The number of aromatic amines is 1. The van der Waals surface area contributed by atoms with Crippen molar-refractivity contribution in [1.29, 1.82) is 0 Å². The van der Waals surface area contributed by atoms with E-state index in [1.807, 2.05) is 49.5 Å². The van der Waals surface area contributed by atoms with Gasteiger partial charge in [-0.25, -0.2) is 0 Å². The van der Waals surface area contributed by atoms with E-state index < -0.39 is 7.92 Å². The number of aromatic nitrogens is 5. The van der Waals surface area contributed by atoms with E-state index in [4.69, 9.17) is 9.72 Å². The van der Waals surface area contributed by atoms with Gasteiger partial charge in [-0.3, -0.25) is 9.97 Å². The summed E-state index contributed by atoms with van der Waals surface area (Å²) in [5.74, 6) is 1.90. The molecule has 33 heavy (non-hydrogen) atoms. The van der Waals surface area contributed by atoms with Crippen LogP contribution in [0, 0.1) is 6.92 Å². The molecule has 5 aromatic rings. The van der Waals surface area contributed by atoms with Gasteiger partial charge in [0.05, 0.1) is 29.2 Å². The molecule has 0 aliphatic carbocycles. The molecule has 3 aromatic heterocycles. The predicted molar refractivity (Wildman–Crippen MR) is 136 cm³/mol. The van der Waals surface area contributed by atoms with Gasteiger partial charge in [0, 0.05) is 29.6 Å². The van der Waals surface area contributed by atoms with Gasteiger partial charge in [-0.1, -0.05) is 14.0 Å². The molecular formula is C24H24N7OP. The second-order valence-corrected chi connectivity index (χ2v) is 10.1. The Morgan fingerprint density at radius 3 is 2.61 bits per heavy atom. The lowest BCUT2D eigenvalue weighted by atomic mass is 10.2. The number of anilines is 4. The van der Waals surface area contributed by atoms with Crippen LogP contribution in [0.5, 0.6) is 5.75 Å². The SMILES string of the molecule is COc1ccc(C)cc1Nc1nc(Nc2ccc3nccnc3c2P(C)C)c2cc[nH]c2n1. The van der Waals surface area contributed by atoms with Crippen LogP contribution in [0.25, 0.3) is 22.1 Å². The molecule has 0 aliphatic rings. The van der Waals surface area contributed by atoms with Gasteiger partial charge in [-0.2, -0.15) is 9.97 Å². The maximum Gasteiger partial charge on any atom is 0.231 e. The van der Waals surface area contributed by atoms with Gasteiger partial charge >= 0.3 is 0 Å². The molecule has 0 spiro atoms. The zero-order valence-corrected chi connectivity index (χ0v) is 19.7. The Bertz CT molecular complexity index is 1460. The molecule has 0 atom stereocenters. The third-order valence-corrected chi connectivity index (χ3v) is 6.68. The predicted octanol–water partition coefficient (Wildman–Crippen LogP) is 5.07. The van der Waals surface area contributed by atoms with E-state index in [0.717, 1.165) is 50.1 Å². The Labute approximate surface area is 192 Å². The Hall–Kier alpha value is -3.77. The molecule has 0 bridgehead atoms. The van der Waals surface area contributed by atoms with Gasteiger partial charge in [-0.05, 0) is 56.1 Å². The van der Waals surface area contributed by atoms with Crippen LogP contribution in [-0.2, 0) is 0 Å².